The lowest BCUT2D eigenvalue weighted by Crippen LogP contribution is -2.37. The number of ketones is 1. The van der Waals surface area contributed by atoms with Crippen LogP contribution in [0.3, 0.4) is 0 Å². The molecule has 2 aromatic carbocycles. The van der Waals surface area contributed by atoms with E-state index in [2.05, 4.69) is 0 Å². The molecule has 5 nitrogen and oxygen atoms in total. The van der Waals surface area contributed by atoms with Crippen LogP contribution in [0.1, 0.15) is 42.9 Å². The number of amides is 1. The van der Waals surface area contributed by atoms with Gasteiger partial charge in [-0.15, -0.1) is 0 Å². The van der Waals surface area contributed by atoms with E-state index in [4.69, 9.17) is 16.3 Å². The molecule has 1 saturated heterocycles. The van der Waals surface area contributed by atoms with E-state index in [9.17, 15) is 14.7 Å². The first kappa shape index (κ1) is 19.5. The van der Waals surface area contributed by atoms with Crippen LogP contribution in [0, 0.1) is 0 Å². The summed E-state index contributed by atoms with van der Waals surface area (Å²) in [5.41, 5.74) is 1.29. The fraction of sp³-hybridized carbons (Fsp3) is 0.304. The number of Topliss-reactive ketones (excluding diaryl/α,β-unsaturated/α-hetero) is 1. The first-order valence-electron chi connectivity index (χ1n) is 9.71. The Kier molecular flexibility index (Phi) is 5.33. The number of aliphatic hydroxyl groups is 1. The van der Waals surface area contributed by atoms with Gasteiger partial charge < -0.3 is 14.7 Å². The fourth-order valence-corrected chi connectivity index (χ4v) is 4.50. The summed E-state index contributed by atoms with van der Waals surface area (Å²) in [6.45, 7) is 0. The molecule has 0 aromatic heterocycles. The molecule has 6 heteroatoms. The van der Waals surface area contributed by atoms with Gasteiger partial charge in [0.25, 0.3) is 11.7 Å². The van der Waals surface area contributed by atoms with Gasteiger partial charge in [-0.25, -0.2) is 0 Å². The van der Waals surface area contributed by atoms with E-state index in [1.54, 1.807) is 48.4 Å². The highest BCUT2D eigenvalue weighted by molar-refractivity contribution is 6.46. The summed E-state index contributed by atoms with van der Waals surface area (Å²) in [5, 5.41) is 11.5. The summed E-state index contributed by atoms with van der Waals surface area (Å²) >= 11 is 6.07. The minimum Gasteiger partial charge on any atom is -0.507 e. The maximum absolute atomic E-state index is 13.0. The molecule has 2 aromatic rings. The normalized spacial score (nSPS) is 21.7. The van der Waals surface area contributed by atoms with Crippen LogP contribution in [0.25, 0.3) is 5.76 Å². The third-order valence-electron chi connectivity index (χ3n) is 5.73. The van der Waals surface area contributed by atoms with Crippen molar-refractivity contribution < 1.29 is 19.4 Å². The zero-order valence-electron chi connectivity index (χ0n) is 16.1. The van der Waals surface area contributed by atoms with Crippen molar-refractivity contribution in [1.82, 2.24) is 4.90 Å². The molecule has 0 bridgehead atoms. The molecule has 2 aliphatic rings. The molecule has 1 aliphatic carbocycles. The van der Waals surface area contributed by atoms with Crippen molar-refractivity contribution in [2.24, 2.45) is 0 Å². The minimum absolute atomic E-state index is 0.0109. The SMILES string of the molecule is COc1ccc(C2/C(=C(/O)c3cccc(Cl)c3)C(=O)C(=O)N2C2CCCC2)cc1. The Labute approximate surface area is 174 Å². The van der Waals surface area contributed by atoms with Gasteiger partial charge in [-0.2, -0.15) is 0 Å². The molecule has 1 amide bonds. The average Bonchev–Trinajstić information content (AvgIpc) is 3.35. The van der Waals surface area contributed by atoms with Crippen LogP contribution in [0.2, 0.25) is 5.02 Å². The number of methoxy groups -OCH3 is 1. The van der Waals surface area contributed by atoms with Crippen molar-refractivity contribution >= 4 is 29.1 Å². The summed E-state index contributed by atoms with van der Waals surface area (Å²) < 4.78 is 5.23. The number of ether oxygens (including phenoxy) is 1. The summed E-state index contributed by atoms with van der Waals surface area (Å²) in [5.74, 6) is -0.731. The van der Waals surface area contributed by atoms with E-state index in [1.165, 1.54) is 0 Å². The molecule has 1 heterocycles. The molecule has 0 radical (unpaired) electrons. The molecule has 0 spiro atoms. The first-order valence-corrected chi connectivity index (χ1v) is 10.1. The maximum Gasteiger partial charge on any atom is 0.295 e. The van der Waals surface area contributed by atoms with Crippen molar-refractivity contribution in [3.05, 3.63) is 70.3 Å². The van der Waals surface area contributed by atoms with Gasteiger partial charge in [0.05, 0.1) is 18.7 Å². The van der Waals surface area contributed by atoms with Gasteiger partial charge in [-0.1, -0.05) is 48.7 Å². The number of nitrogens with zero attached hydrogens (tertiary/aromatic N) is 1. The van der Waals surface area contributed by atoms with Gasteiger partial charge in [0.1, 0.15) is 11.5 Å². The average molecular weight is 412 g/mol. The number of hydrogen-bond donors (Lipinski definition) is 1. The Balaban J connectivity index is 1.87. The molecular weight excluding hydrogens is 390 g/mol. The van der Waals surface area contributed by atoms with Crippen LogP contribution >= 0.6 is 11.6 Å². The smallest absolute Gasteiger partial charge is 0.295 e. The highest BCUT2D eigenvalue weighted by atomic mass is 35.5. The van der Waals surface area contributed by atoms with Gasteiger partial charge in [0, 0.05) is 16.6 Å². The largest absolute Gasteiger partial charge is 0.507 e. The minimum atomic E-state index is -0.657. The van der Waals surface area contributed by atoms with Crippen LogP contribution < -0.4 is 4.74 Å². The lowest BCUT2D eigenvalue weighted by molar-refractivity contribution is -0.141. The molecule has 150 valence electrons. The predicted octanol–water partition coefficient (Wildman–Crippen LogP) is 4.71. The number of likely N-dealkylation sites (tertiary alicyclic amines) is 1. The van der Waals surface area contributed by atoms with Crippen LogP contribution in [-0.4, -0.2) is 34.8 Å². The second-order valence-electron chi connectivity index (χ2n) is 7.43. The Bertz CT molecular complexity index is 977. The molecular formula is C23H22ClNO4. The highest BCUT2D eigenvalue weighted by Gasteiger charge is 2.49. The Morgan fingerprint density at radius 2 is 1.79 bits per heavy atom. The maximum atomic E-state index is 13.0. The van der Waals surface area contributed by atoms with Gasteiger partial charge in [-0.05, 0) is 42.7 Å². The van der Waals surface area contributed by atoms with Gasteiger partial charge in [0.15, 0.2) is 0 Å². The molecule has 1 N–H and O–H groups in total. The fourth-order valence-electron chi connectivity index (χ4n) is 4.31. The second kappa shape index (κ2) is 7.91. The molecule has 29 heavy (non-hydrogen) atoms. The number of aliphatic hydroxyl groups excluding tert-OH is 1. The van der Waals surface area contributed by atoms with E-state index < -0.39 is 17.7 Å². The molecule has 1 atom stereocenters. The van der Waals surface area contributed by atoms with E-state index in [0.29, 0.717) is 16.3 Å². The number of rotatable bonds is 4. The van der Waals surface area contributed by atoms with Crippen LogP contribution in [0.15, 0.2) is 54.1 Å². The highest BCUT2D eigenvalue weighted by Crippen LogP contribution is 2.43. The van der Waals surface area contributed by atoms with Crippen molar-refractivity contribution in [3.63, 3.8) is 0 Å². The van der Waals surface area contributed by atoms with Crippen molar-refractivity contribution in [2.45, 2.75) is 37.8 Å². The Morgan fingerprint density at radius 1 is 1.10 bits per heavy atom. The Hall–Kier alpha value is -2.79. The quantitative estimate of drug-likeness (QED) is 0.449. The third-order valence-corrected chi connectivity index (χ3v) is 5.96. The lowest BCUT2D eigenvalue weighted by atomic mass is 9.94. The zero-order chi connectivity index (χ0) is 20.5. The number of halogens is 1. The van der Waals surface area contributed by atoms with Crippen LogP contribution in [-0.2, 0) is 9.59 Å². The molecule has 1 aliphatic heterocycles. The van der Waals surface area contributed by atoms with E-state index >= 15 is 0 Å². The zero-order valence-corrected chi connectivity index (χ0v) is 16.9. The predicted molar refractivity (Wildman–Crippen MR) is 111 cm³/mol. The molecule has 4 rings (SSSR count). The van der Waals surface area contributed by atoms with Crippen molar-refractivity contribution in [3.8, 4) is 5.75 Å². The van der Waals surface area contributed by atoms with E-state index in [0.717, 1.165) is 31.2 Å². The third kappa shape index (κ3) is 3.51. The summed E-state index contributed by atoms with van der Waals surface area (Å²) in [6, 6.07) is 13.3. The van der Waals surface area contributed by atoms with Crippen molar-refractivity contribution in [1.29, 1.82) is 0 Å². The number of benzene rings is 2. The monoisotopic (exact) mass is 411 g/mol. The number of carbonyl (C=O) groups is 2. The van der Waals surface area contributed by atoms with Crippen LogP contribution in [0.4, 0.5) is 0 Å². The molecule has 2 fully saturated rings. The van der Waals surface area contributed by atoms with Crippen LogP contribution in [0.5, 0.6) is 5.75 Å². The molecule has 1 unspecified atom stereocenters. The van der Waals surface area contributed by atoms with Gasteiger partial charge in [0.2, 0.25) is 0 Å². The summed E-state index contributed by atoms with van der Waals surface area (Å²) in [4.78, 5) is 27.7. The van der Waals surface area contributed by atoms with Gasteiger partial charge >= 0.3 is 0 Å². The standard InChI is InChI=1S/C23H22ClNO4/c1-29-18-11-9-14(10-12-18)20-19(21(26)15-5-4-6-16(24)13-15)22(27)23(28)25(20)17-7-2-3-8-17/h4-6,9-13,17,20,26H,2-3,7-8H2,1H3/b21-19-. The molecule has 1 saturated carbocycles. The summed E-state index contributed by atoms with van der Waals surface area (Å²) in [6.07, 6.45) is 3.77. The number of carbonyl (C=O) groups excluding carboxylic acids is 2. The first-order chi connectivity index (χ1) is 14.0. The topological polar surface area (TPSA) is 66.8 Å². The summed E-state index contributed by atoms with van der Waals surface area (Å²) in [7, 11) is 1.58. The van der Waals surface area contributed by atoms with E-state index in [-0.39, 0.29) is 17.4 Å². The second-order valence-corrected chi connectivity index (χ2v) is 7.86. The van der Waals surface area contributed by atoms with Crippen molar-refractivity contribution in [2.75, 3.05) is 7.11 Å². The number of hydrogen-bond acceptors (Lipinski definition) is 4. The van der Waals surface area contributed by atoms with E-state index in [1.807, 2.05) is 12.1 Å². The van der Waals surface area contributed by atoms with Gasteiger partial charge in [-0.3, -0.25) is 9.59 Å². The Morgan fingerprint density at radius 3 is 2.41 bits per heavy atom. The lowest BCUT2D eigenvalue weighted by Gasteiger charge is -2.30.